The van der Waals surface area contributed by atoms with Gasteiger partial charge in [0.2, 0.25) is 10.0 Å². The fourth-order valence-corrected chi connectivity index (χ4v) is 4.46. The summed E-state index contributed by atoms with van der Waals surface area (Å²) in [5.41, 5.74) is 3.21. The van der Waals surface area contributed by atoms with Crippen LogP contribution in [0, 0.1) is 6.92 Å². The predicted octanol–water partition coefficient (Wildman–Crippen LogP) is 1.16. The first kappa shape index (κ1) is 15.5. The third-order valence-electron chi connectivity index (χ3n) is 4.13. The Balaban J connectivity index is 1.73. The van der Waals surface area contributed by atoms with Crippen LogP contribution in [0.5, 0.6) is 0 Å². The van der Waals surface area contributed by atoms with Gasteiger partial charge in [-0.05, 0) is 31.5 Å². The van der Waals surface area contributed by atoms with Gasteiger partial charge in [0.1, 0.15) is 5.65 Å². The summed E-state index contributed by atoms with van der Waals surface area (Å²) in [4.78, 5) is 6.59. The SMILES string of the molecule is CCNS(=O)(=O)C1CCN(Cc2cnc3ccc(C)cn23)C1. The van der Waals surface area contributed by atoms with Gasteiger partial charge in [0.25, 0.3) is 0 Å². The highest BCUT2D eigenvalue weighted by atomic mass is 32.2. The third-order valence-corrected chi connectivity index (χ3v) is 6.08. The molecule has 1 saturated heterocycles. The lowest BCUT2D eigenvalue weighted by molar-refractivity contribution is 0.326. The van der Waals surface area contributed by atoms with Gasteiger partial charge in [0.05, 0.1) is 17.1 Å². The summed E-state index contributed by atoms with van der Waals surface area (Å²) < 4.78 is 28.9. The molecule has 3 rings (SSSR count). The van der Waals surface area contributed by atoms with Crippen LogP contribution in [0.4, 0.5) is 0 Å². The Kier molecular flexibility index (Phi) is 4.20. The minimum absolute atomic E-state index is 0.312. The monoisotopic (exact) mass is 322 g/mol. The zero-order valence-electron chi connectivity index (χ0n) is 13.0. The Hall–Kier alpha value is -1.44. The number of sulfonamides is 1. The minimum Gasteiger partial charge on any atom is -0.303 e. The first-order valence-electron chi connectivity index (χ1n) is 7.63. The lowest BCUT2D eigenvalue weighted by atomic mass is 10.3. The zero-order chi connectivity index (χ0) is 15.7. The zero-order valence-corrected chi connectivity index (χ0v) is 13.8. The van der Waals surface area contributed by atoms with E-state index in [1.165, 1.54) is 5.56 Å². The lowest BCUT2D eigenvalue weighted by Gasteiger charge is -2.16. The Morgan fingerprint density at radius 1 is 1.41 bits per heavy atom. The number of aromatic nitrogens is 2. The number of rotatable bonds is 5. The van der Waals surface area contributed by atoms with Crippen LogP contribution >= 0.6 is 0 Å². The molecule has 1 unspecified atom stereocenters. The largest absolute Gasteiger partial charge is 0.303 e. The number of pyridine rings is 1. The average molecular weight is 322 g/mol. The molecule has 0 amide bonds. The highest BCUT2D eigenvalue weighted by Crippen LogP contribution is 2.19. The highest BCUT2D eigenvalue weighted by Gasteiger charge is 2.32. The van der Waals surface area contributed by atoms with E-state index >= 15 is 0 Å². The van der Waals surface area contributed by atoms with Gasteiger partial charge >= 0.3 is 0 Å². The summed E-state index contributed by atoms with van der Waals surface area (Å²) in [5, 5.41) is -0.312. The van der Waals surface area contributed by atoms with E-state index in [2.05, 4.69) is 32.1 Å². The molecule has 22 heavy (non-hydrogen) atoms. The van der Waals surface area contributed by atoms with E-state index in [4.69, 9.17) is 0 Å². The van der Waals surface area contributed by atoms with Crippen LogP contribution in [0.1, 0.15) is 24.6 Å². The number of hydrogen-bond donors (Lipinski definition) is 1. The minimum atomic E-state index is -3.19. The van der Waals surface area contributed by atoms with Gasteiger partial charge in [-0.15, -0.1) is 0 Å². The van der Waals surface area contributed by atoms with Crippen LogP contribution in [0.25, 0.3) is 5.65 Å². The van der Waals surface area contributed by atoms with E-state index < -0.39 is 10.0 Å². The van der Waals surface area contributed by atoms with Crippen molar-refractivity contribution in [2.45, 2.75) is 32.1 Å². The van der Waals surface area contributed by atoms with Gasteiger partial charge in [-0.3, -0.25) is 4.90 Å². The number of nitrogens with one attached hydrogen (secondary N) is 1. The van der Waals surface area contributed by atoms with Crippen LogP contribution in [0.2, 0.25) is 0 Å². The van der Waals surface area contributed by atoms with E-state index in [9.17, 15) is 8.42 Å². The number of aryl methyl sites for hydroxylation is 1. The molecule has 7 heteroatoms. The Labute approximate surface area is 131 Å². The number of imidazole rings is 1. The van der Waals surface area contributed by atoms with Gasteiger partial charge in [-0.1, -0.05) is 13.0 Å². The van der Waals surface area contributed by atoms with Crippen molar-refractivity contribution < 1.29 is 8.42 Å². The van der Waals surface area contributed by atoms with Crippen LogP contribution in [-0.4, -0.2) is 47.6 Å². The fraction of sp³-hybridized carbons (Fsp3) is 0.533. The van der Waals surface area contributed by atoms with Crippen LogP contribution in [0.3, 0.4) is 0 Å². The smallest absolute Gasteiger partial charge is 0.215 e. The normalized spacial score (nSPS) is 20.0. The molecule has 0 aliphatic carbocycles. The first-order valence-corrected chi connectivity index (χ1v) is 9.17. The Morgan fingerprint density at radius 3 is 3.00 bits per heavy atom. The second kappa shape index (κ2) is 5.98. The van der Waals surface area contributed by atoms with Gasteiger partial charge in [-0.25, -0.2) is 18.1 Å². The fourth-order valence-electron chi connectivity index (χ4n) is 3.00. The van der Waals surface area contributed by atoms with E-state index in [0.717, 1.165) is 24.4 Å². The van der Waals surface area contributed by atoms with Crippen molar-refractivity contribution in [3.8, 4) is 0 Å². The van der Waals surface area contributed by atoms with Crippen LogP contribution in [0.15, 0.2) is 24.5 Å². The maximum absolute atomic E-state index is 12.1. The molecule has 6 nitrogen and oxygen atoms in total. The number of hydrogen-bond acceptors (Lipinski definition) is 4. The molecule has 0 aromatic carbocycles. The lowest BCUT2D eigenvalue weighted by Crippen LogP contribution is -2.36. The number of fused-ring (bicyclic) bond motifs is 1. The molecule has 3 heterocycles. The second-order valence-electron chi connectivity index (χ2n) is 5.87. The molecule has 1 aliphatic heterocycles. The standard InChI is InChI=1S/C15H22N4O2S/c1-3-17-22(20,21)14-6-7-18(11-14)10-13-8-16-15-5-4-12(2)9-19(13)15/h4-5,8-9,14,17H,3,6-7,10-11H2,1-2H3. The predicted molar refractivity (Wildman–Crippen MR) is 86.2 cm³/mol. The van der Waals surface area contributed by atoms with Crippen LogP contribution < -0.4 is 4.72 Å². The summed E-state index contributed by atoms with van der Waals surface area (Å²) in [5.74, 6) is 0. The molecule has 0 saturated carbocycles. The molecule has 1 aliphatic rings. The summed E-state index contributed by atoms with van der Waals surface area (Å²) in [6, 6.07) is 4.04. The molecule has 1 atom stereocenters. The maximum atomic E-state index is 12.1. The van der Waals surface area contributed by atoms with E-state index in [-0.39, 0.29) is 5.25 Å². The second-order valence-corrected chi connectivity index (χ2v) is 7.92. The quantitative estimate of drug-likeness (QED) is 0.897. The van der Waals surface area contributed by atoms with Crippen molar-refractivity contribution in [3.05, 3.63) is 35.8 Å². The van der Waals surface area contributed by atoms with Gasteiger partial charge in [0, 0.05) is 25.8 Å². The Morgan fingerprint density at radius 2 is 2.23 bits per heavy atom. The molecule has 1 fully saturated rings. The average Bonchev–Trinajstić information content (AvgIpc) is 3.07. The molecule has 2 aromatic heterocycles. The molecule has 0 spiro atoms. The summed E-state index contributed by atoms with van der Waals surface area (Å²) in [6.07, 6.45) is 4.63. The van der Waals surface area contributed by atoms with Crippen LogP contribution in [-0.2, 0) is 16.6 Å². The van der Waals surface area contributed by atoms with E-state index in [1.807, 2.05) is 25.3 Å². The van der Waals surface area contributed by atoms with E-state index in [0.29, 0.717) is 19.5 Å². The molecular formula is C15H22N4O2S. The van der Waals surface area contributed by atoms with Crippen molar-refractivity contribution in [2.75, 3.05) is 19.6 Å². The maximum Gasteiger partial charge on any atom is 0.215 e. The topological polar surface area (TPSA) is 66.7 Å². The molecule has 0 radical (unpaired) electrons. The number of nitrogens with zero attached hydrogens (tertiary/aromatic N) is 3. The molecule has 1 N–H and O–H groups in total. The third kappa shape index (κ3) is 3.02. The number of likely N-dealkylation sites (tertiary alicyclic amines) is 1. The Bertz CT molecular complexity index is 769. The summed E-state index contributed by atoms with van der Waals surface area (Å²) in [6.45, 7) is 6.42. The van der Waals surface area contributed by atoms with Gasteiger partial charge in [-0.2, -0.15) is 0 Å². The van der Waals surface area contributed by atoms with Crippen molar-refractivity contribution >= 4 is 15.7 Å². The van der Waals surface area contributed by atoms with Crippen molar-refractivity contribution in [1.29, 1.82) is 0 Å². The molecule has 120 valence electrons. The summed E-state index contributed by atoms with van der Waals surface area (Å²) in [7, 11) is -3.19. The molecule has 2 aromatic rings. The van der Waals surface area contributed by atoms with E-state index in [1.54, 1.807) is 0 Å². The summed E-state index contributed by atoms with van der Waals surface area (Å²) >= 11 is 0. The molecular weight excluding hydrogens is 300 g/mol. The van der Waals surface area contributed by atoms with Crippen molar-refractivity contribution in [1.82, 2.24) is 19.0 Å². The van der Waals surface area contributed by atoms with Gasteiger partial charge in [0.15, 0.2) is 0 Å². The molecule has 0 bridgehead atoms. The van der Waals surface area contributed by atoms with Crippen molar-refractivity contribution in [2.24, 2.45) is 0 Å². The highest BCUT2D eigenvalue weighted by molar-refractivity contribution is 7.90. The van der Waals surface area contributed by atoms with Crippen molar-refractivity contribution in [3.63, 3.8) is 0 Å². The first-order chi connectivity index (χ1) is 10.5. The van der Waals surface area contributed by atoms with Gasteiger partial charge < -0.3 is 4.40 Å².